The van der Waals surface area contributed by atoms with E-state index in [2.05, 4.69) is 4.98 Å². The first kappa shape index (κ1) is 13.2. The monoisotopic (exact) mass is 285 g/mol. The quantitative estimate of drug-likeness (QED) is 0.940. The van der Waals surface area contributed by atoms with Gasteiger partial charge in [0.1, 0.15) is 23.3 Å². The fourth-order valence-corrected chi connectivity index (χ4v) is 1.89. The van der Waals surface area contributed by atoms with E-state index in [1.165, 1.54) is 0 Å². The van der Waals surface area contributed by atoms with Gasteiger partial charge in [-0.15, -0.1) is 0 Å². The molecule has 0 unspecified atom stereocenters. The molecular formula is C12H13Cl2N3O. The molecule has 0 aliphatic carbocycles. The van der Waals surface area contributed by atoms with Gasteiger partial charge in [0.15, 0.2) is 0 Å². The lowest BCUT2D eigenvalue weighted by molar-refractivity contribution is 0.289. The zero-order chi connectivity index (χ0) is 13.1. The molecule has 0 fully saturated rings. The van der Waals surface area contributed by atoms with Crippen molar-refractivity contribution in [2.45, 2.75) is 13.2 Å². The van der Waals surface area contributed by atoms with Crippen molar-refractivity contribution in [2.75, 3.05) is 0 Å². The summed E-state index contributed by atoms with van der Waals surface area (Å²) in [6, 6.07) is 5.36. The van der Waals surface area contributed by atoms with Crippen molar-refractivity contribution in [3.63, 3.8) is 0 Å². The topological polar surface area (TPSA) is 53.1 Å². The number of benzene rings is 1. The molecule has 0 aliphatic rings. The van der Waals surface area contributed by atoms with E-state index in [1.807, 2.05) is 7.05 Å². The van der Waals surface area contributed by atoms with Crippen LogP contribution in [0.25, 0.3) is 0 Å². The second kappa shape index (κ2) is 5.61. The molecule has 2 aromatic rings. The maximum atomic E-state index is 5.90. The molecule has 18 heavy (non-hydrogen) atoms. The average Bonchev–Trinajstić information content (AvgIpc) is 2.68. The van der Waals surface area contributed by atoms with E-state index in [9.17, 15) is 0 Å². The molecule has 0 bridgehead atoms. The third kappa shape index (κ3) is 2.77. The van der Waals surface area contributed by atoms with Crippen LogP contribution in [0, 0.1) is 0 Å². The number of ether oxygens (including phenoxy) is 1. The van der Waals surface area contributed by atoms with Gasteiger partial charge in [-0.3, -0.25) is 0 Å². The first-order valence-electron chi connectivity index (χ1n) is 5.39. The molecule has 96 valence electrons. The molecule has 1 heterocycles. The van der Waals surface area contributed by atoms with Gasteiger partial charge in [0.2, 0.25) is 0 Å². The van der Waals surface area contributed by atoms with E-state index in [4.69, 9.17) is 33.7 Å². The summed E-state index contributed by atoms with van der Waals surface area (Å²) < 4.78 is 7.45. The van der Waals surface area contributed by atoms with E-state index < -0.39 is 0 Å². The normalized spacial score (nSPS) is 10.7. The van der Waals surface area contributed by atoms with Crippen molar-refractivity contribution >= 4 is 23.2 Å². The van der Waals surface area contributed by atoms with Gasteiger partial charge in [-0.2, -0.15) is 0 Å². The minimum Gasteiger partial charge on any atom is -0.485 e. The third-order valence-corrected chi connectivity index (χ3v) is 3.21. The van der Waals surface area contributed by atoms with Crippen LogP contribution < -0.4 is 10.5 Å². The van der Waals surface area contributed by atoms with Crippen molar-refractivity contribution < 1.29 is 4.74 Å². The molecule has 0 atom stereocenters. The fourth-order valence-electron chi connectivity index (χ4n) is 1.55. The summed E-state index contributed by atoms with van der Waals surface area (Å²) in [7, 11) is 1.83. The van der Waals surface area contributed by atoms with Gasteiger partial charge < -0.3 is 15.0 Å². The van der Waals surface area contributed by atoms with Gasteiger partial charge in [-0.05, 0) is 18.2 Å². The standard InChI is InChI=1S/C12H13Cl2N3O/c1-17-11(14)6-16-12(17)7-18-10-3-2-9(13)4-8(10)5-15/h2-4,6H,5,7,15H2,1H3. The van der Waals surface area contributed by atoms with Crippen molar-refractivity contribution in [3.8, 4) is 5.75 Å². The highest BCUT2D eigenvalue weighted by molar-refractivity contribution is 6.30. The molecule has 2 rings (SSSR count). The molecule has 1 aromatic carbocycles. The lowest BCUT2D eigenvalue weighted by Crippen LogP contribution is -2.06. The Morgan fingerprint density at radius 3 is 2.78 bits per heavy atom. The van der Waals surface area contributed by atoms with E-state index in [1.54, 1.807) is 29.0 Å². The van der Waals surface area contributed by atoms with Crippen LogP contribution in [0.5, 0.6) is 5.75 Å². The predicted molar refractivity (Wildman–Crippen MR) is 71.9 cm³/mol. The molecule has 0 saturated heterocycles. The van der Waals surface area contributed by atoms with Gasteiger partial charge in [0, 0.05) is 24.2 Å². The van der Waals surface area contributed by atoms with Crippen LogP contribution >= 0.6 is 23.2 Å². The first-order chi connectivity index (χ1) is 8.61. The van der Waals surface area contributed by atoms with Gasteiger partial charge in [-0.1, -0.05) is 23.2 Å². The molecule has 0 aliphatic heterocycles. The van der Waals surface area contributed by atoms with E-state index >= 15 is 0 Å². The van der Waals surface area contributed by atoms with Gasteiger partial charge in [-0.25, -0.2) is 4.98 Å². The van der Waals surface area contributed by atoms with Crippen LogP contribution in [-0.2, 0) is 20.2 Å². The largest absolute Gasteiger partial charge is 0.485 e. The van der Waals surface area contributed by atoms with Crippen LogP contribution in [-0.4, -0.2) is 9.55 Å². The highest BCUT2D eigenvalue weighted by atomic mass is 35.5. The summed E-state index contributed by atoms with van der Waals surface area (Å²) in [4.78, 5) is 4.15. The number of aromatic nitrogens is 2. The Labute approximate surface area is 115 Å². The smallest absolute Gasteiger partial charge is 0.147 e. The Morgan fingerprint density at radius 1 is 1.39 bits per heavy atom. The maximum absolute atomic E-state index is 5.90. The van der Waals surface area contributed by atoms with Crippen LogP contribution in [0.4, 0.5) is 0 Å². The van der Waals surface area contributed by atoms with E-state index in [-0.39, 0.29) is 0 Å². The Hall–Kier alpha value is -1.23. The van der Waals surface area contributed by atoms with E-state index in [0.717, 1.165) is 11.4 Å². The summed E-state index contributed by atoms with van der Waals surface area (Å²) in [5.41, 5.74) is 6.51. The zero-order valence-corrected chi connectivity index (χ0v) is 11.4. The average molecular weight is 286 g/mol. The number of nitrogens with two attached hydrogens (primary N) is 1. The summed E-state index contributed by atoms with van der Waals surface area (Å²) in [6.45, 7) is 0.703. The second-order valence-corrected chi connectivity index (χ2v) is 4.62. The number of hydrogen-bond donors (Lipinski definition) is 1. The highest BCUT2D eigenvalue weighted by Crippen LogP contribution is 2.23. The Bertz CT molecular complexity index is 554. The van der Waals surface area contributed by atoms with Crippen LogP contribution in [0.3, 0.4) is 0 Å². The minimum absolute atomic E-state index is 0.331. The lowest BCUT2D eigenvalue weighted by Gasteiger charge is -2.10. The zero-order valence-electron chi connectivity index (χ0n) is 9.86. The SMILES string of the molecule is Cn1c(Cl)cnc1COc1ccc(Cl)cc1CN. The molecule has 2 N–H and O–H groups in total. The Morgan fingerprint density at radius 2 is 2.17 bits per heavy atom. The number of hydrogen-bond acceptors (Lipinski definition) is 3. The summed E-state index contributed by atoms with van der Waals surface area (Å²) in [5, 5.41) is 1.21. The van der Waals surface area contributed by atoms with Crippen molar-refractivity contribution in [1.82, 2.24) is 9.55 Å². The number of rotatable bonds is 4. The lowest BCUT2D eigenvalue weighted by atomic mass is 10.2. The van der Waals surface area contributed by atoms with Gasteiger partial charge in [0.05, 0.1) is 6.20 Å². The van der Waals surface area contributed by atoms with Crippen molar-refractivity contribution in [2.24, 2.45) is 12.8 Å². The molecule has 6 heteroatoms. The van der Waals surface area contributed by atoms with E-state index in [0.29, 0.717) is 29.1 Å². The molecule has 1 aromatic heterocycles. The first-order valence-corrected chi connectivity index (χ1v) is 6.14. The summed E-state index contributed by atoms with van der Waals surface area (Å²) in [5.74, 6) is 1.46. The van der Waals surface area contributed by atoms with Gasteiger partial charge >= 0.3 is 0 Å². The number of nitrogens with zero attached hydrogens (tertiary/aromatic N) is 2. The predicted octanol–water partition coefficient (Wildman–Crippen LogP) is 2.76. The maximum Gasteiger partial charge on any atom is 0.147 e. The molecule has 0 saturated carbocycles. The second-order valence-electron chi connectivity index (χ2n) is 3.80. The highest BCUT2D eigenvalue weighted by Gasteiger charge is 2.07. The molecule has 0 amide bonds. The van der Waals surface area contributed by atoms with Crippen molar-refractivity contribution in [1.29, 1.82) is 0 Å². The molecule has 0 spiro atoms. The molecular weight excluding hydrogens is 273 g/mol. The Kier molecular flexibility index (Phi) is 4.11. The van der Waals surface area contributed by atoms with Crippen LogP contribution in [0.15, 0.2) is 24.4 Å². The van der Waals surface area contributed by atoms with Crippen LogP contribution in [0.1, 0.15) is 11.4 Å². The Balaban J connectivity index is 2.13. The van der Waals surface area contributed by atoms with Crippen LogP contribution in [0.2, 0.25) is 10.2 Å². The molecule has 0 radical (unpaired) electrons. The number of halogens is 2. The van der Waals surface area contributed by atoms with Gasteiger partial charge in [0.25, 0.3) is 0 Å². The minimum atomic E-state index is 0.331. The summed E-state index contributed by atoms with van der Waals surface area (Å²) in [6.07, 6.45) is 1.59. The molecule has 4 nitrogen and oxygen atoms in total. The fraction of sp³-hybridized carbons (Fsp3) is 0.250. The third-order valence-electron chi connectivity index (χ3n) is 2.63. The summed E-state index contributed by atoms with van der Waals surface area (Å²) >= 11 is 11.8. The number of imidazole rings is 1. The van der Waals surface area contributed by atoms with Crippen molar-refractivity contribution in [3.05, 3.63) is 46.0 Å².